The lowest BCUT2D eigenvalue weighted by Gasteiger charge is -2.34. The fraction of sp³-hybridized carbons (Fsp3) is 1.00. The van der Waals surface area contributed by atoms with Crippen LogP contribution in [0.3, 0.4) is 0 Å². The molecule has 2 atom stereocenters. The standard InChI is InChI=1S/C14H30N.H2O/c1-5-9-15(10-6-2)11-13(7-3)14(8-4)12-15;/h13-14H,5-12H2,1-4H3;1H2/q+1;/p-1/t13-,14-;/m1./s1. The molecule has 2 heteroatoms. The van der Waals surface area contributed by atoms with Gasteiger partial charge in [0.15, 0.2) is 0 Å². The summed E-state index contributed by atoms with van der Waals surface area (Å²) >= 11 is 0. The van der Waals surface area contributed by atoms with Gasteiger partial charge in [-0.1, -0.05) is 27.7 Å². The van der Waals surface area contributed by atoms with E-state index in [1.54, 1.807) is 0 Å². The lowest BCUT2D eigenvalue weighted by molar-refractivity contribution is -0.919. The summed E-state index contributed by atoms with van der Waals surface area (Å²) in [5.41, 5.74) is 0. The van der Waals surface area contributed by atoms with Gasteiger partial charge >= 0.3 is 0 Å². The Kier molecular flexibility index (Phi) is 7.25. The minimum atomic E-state index is 0. The predicted octanol–water partition coefficient (Wildman–Crippen LogP) is 3.51. The van der Waals surface area contributed by atoms with Crippen molar-refractivity contribution in [1.82, 2.24) is 0 Å². The number of hydrogen-bond donors (Lipinski definition) is 0. The van der Waals surface area contributed by atoms with Crippen molar-refractivity contribution in [1.29, 1.82) is 0 Å². The molecule has 1 fully saturated rings. The zero-order chi connectivity index (χ0) is 11.3. The van der Waals surface area contributed by atoms with Gasteiger partial charge in [-0.2, -0.15) is 0 Å². The largest absolute Gasteiger partial charge is 0.870 e. The third kappa shape index (κ3) is 3.46. The third-order valence-electron chi connectivity index (χ3n) is 4.35. The number of nitrogens with zero attached hydrogens (tertiary/aromatic N) is 1. The van der Waals surface area contributed by atoms with Crippen molar-refractivity contribution in [3.63, 3.8) is 0 Å². The van der Waals surface area contributed by atoms with Gasteiger partial charge in [-0.25, -0.2) is 0 Å². The van der Waals surface area contributed by atoms with E-state index in [2.05, 4.69) is 27.7 Å². The molecule has 1 N–H and O–H groups in total. The molecule has 0 spiro atoms. The van der Waals surface area contributed by atoms with Crippen molar-refractivity contribution < 1.29 is 9.96 Å². The summed E-state index contributed by atoms with van der Waals surface area (Å²) in [6, 6.07) is 0. The van der Waals surface area contributed by atoms with Crippen LogP contribution in [0.4, 0.5) is 0 Å². The van der Waals surface area contributed by atoms with E-state index in [0.29, 0.717) is 0 Å². The molecule has 98 valence electrons. The van der Waals surface area contributed by atoms with Gasteiger partial charge < -0.3 is 9.96 Å². The van der Waals surface area contributed by atoms with E-state index in [9.17, 15) is 0 Å². The Hall–Kier alpha value is -0.0800. The number of hydrogen-bond acceptors (Lipinski definition) is 1. The maximum atomic E-state index is 2.38. The molecule has 1 rings (SSSR count). The Morgan fingerprint density at radius 2 is 1.19 bits per heavy atom. The summed E-state index contributed by atoms with van der Waals surface area (Å²) in [5.74, 6) is 2.01. The van der Waals surface area contributed by atoms with Crippen LogP contribution in [0.25, 0.3) is 0 Å². The fourth-order valence-corrected chi connectivity index (χ4v) is 3.72. The summed E-state index contributed by atoms with van der Waals surface area (Å²) in [7, 11) is 0. The molecular weight excluding hydrogens is 198 g/mol. The normalized spacial score (nSPS) is 27.8. The average molecular weight is 229 g/mol. The Labute approximate surface area is 102 Å². The summed E-state index contributed by atoms with van der Waals surface area (Å²) in [4.78, 5) is 0. The van der Waals surface area contributed by atoms with E-state index >= 15 is 0 Å². The van der Waals surface area contributed by atoms with E-state index < -0.39 is 0 Å². The van der Waals surface area contributed by atoms with Crippen molar-refractivity contribution in [3.05, 3.63) is 0 Å². The van der Waals surface area contributed by atoms with E-state index in [1.807, 2.05) is 0 Å². The van der Waals surface area contributed by atoms with Crippen LogP contribution in [0.2, 0.25) is 0 Å². The SMILES string of the molecule is CCC[N+]1(CCC)C[C@@H](CC)[C@H](CC)C1.[OH-]. The Morgan fingerprint density at radius 1 is 0.812 bits per heavy atom. The zero-order valence-corrected chi connectivity index (χ0v) is 11.7. The second-order valence-electron chi connectivity index (χ2n) is 5.49. The lowest BCUT2D eigenvalue weighted by atomic mass is 9.92. The maximum absolute atomic E-state index is 2.38. The highest BCUT2D eigenvalue weighted by Gasteiger charge is 2.42. The first kappa shape index (κ1) is 15.9. The lowest BCUT2D eigenvalue weighted by Crippen LogP contribution is -2.47. The van der Waals surface area contributed by atoms with Crippen LogP contribution in [-0.2, 0) is 0 Å². The molecule has 0 radical (unpaired) electrons. The Morgan fingerprint density at radius 3 is 1.44 bits per heavy atom. The zero-order valence-electron chi connectivity index (χ0n) is 11.7. The first-order valence-electron chi connectivity index (χ1n) is 7.06. The van der Waals surface area contributed by atoms with Gasteiger partial charge in [0.05, 0.1) is 26.2 Å². The predicted molar refractivity (Wildman–Crippen MR) is 69.8 cm³/mol. The smallest absolute Gasteiger partial charge is 0.0820 e. The molecule has 0 amide bonds. The maximum Gasteiger partial charge on any atom is 0.0820 e. The number of rotatable bonds is 6. The monoisotopic (exact) mass is 229 g/mol. The number of quaternary nitrogens is 1. The molecule has 1 saturated heterocycles. The molecule has 1 aliphatic heterocycles. The quantitative estimate of drug-likeness (QED) is 0.641. The van der Waals surface area contributed by atoms with Gasteiger partial charge in [-0.15, -0.1) is 0 Å². The number of likely N-dealkylation sites (tertiary alicyclic amines) is 1. The second kappa shape index (κ2) is 7.29. The first-order valence-corrected chi connectivity index (χ1v) is 7.06. The second-order valence-corrected chi connectivity index (χ2v) is 5.49. The molecule has 16 heavy (non-hydrogen) atoms. The van der Waals surface area contributed by atoms with E-state index in [4.69, 9.17) is 0 Å². The van der Waals surface area contributed by atoms with Crippen molar-refractivity contribution in [2.24, 2.45) is 11.8 Å². The molecular formula is C14H31NO. The van der Waals surface area contributed by atoms with Crippen LogP contribution in [0.1, 0.15) is 53.4 Å². The van der Waals surface area contributed by atoms with Gasteiger partial charge in [-0.3, -0.25) is 0 Å². The van der Waals surface area contributed by atoms with Crippen LogP contribution in [-0.4, -0.2) is 36.1 Å². The molecule has 0 bridgehead atoms. The van der Waals surface area contributed by atoms with Crippen LogP contribution >= 0.6 is 0 Å². The molecule has 0 saturated carbocycles. The fourth-order valence-electron chi connectivity index (χ4n) is 3.72. The highest BCUT2D eigenvalue weighted by Crippen LogP contribution is 2.34. The summed E-state index contributed by atoms with van der Waals surface area (Å²) < 4.78 is 1.43. The molecule has 0 aromatic rings. The molecule has 0 aromatic heterocycles. The molecule has 1 heterocycles. The third-order valence-corrected chi connectivity index (χ3v) is 4.35. The first-order chi connectivity index (χ1) is 7.21. The van der Waals surface area contributed by atoms with Gasteiger partial charge in [0.2, 0.25) is 0 Å². The average Bonchev–Trinajstić information content (AvgIpc) is 2.57. The summed E-state index contributed by atoms with van der Waals surface area (Å²) in [6.45, 7) is 15.2. The van der Waals surface area contributed by atoms with Gasteiger partial charge in [0, 0.05) is 11.8 Å². The van der Waals surface area contributed by atoms with Crippen molar-refractivity contribution in [3.8, 4) is 0 Å². The van der Waals surface area contributed by atoms with Crippen molar-refractivity contribution in [2.45, 2.75) is 53.4 Å². The summed E-state index contributed by atoms with van der Waals surface area (Å²) in [6.07, 6.45) is 5.50. The molecule has 1 aliphatic rings. The van der Waals surface area contributed by atoms with E-state index in [-0.39, 0.29) is 5.48 Å². The molecule has 2 nitrogen and oxygen atoms in total. The van der Waals surface area contributed by atoms with Crippen LogP contribution in [0.15, 0.2) is 0 Å². The van der Waals surface area contributed by atoms with Gasteiger partial charge in [0.1, 0.15) is 0 Å². The Balaban J connectivity index is 0.00000225. The van der Waals surface area contributed by atoms with Gasteiger partial charge in [-0.05, 0) is 25.7 Å². The van der Waals surface area contributed by atoms with Crippen molar-refractivity contribution in [2.75, 3.05) is 26.2 Å². The van der Waals surface area contributed by atoms with Crippen LogP contribution < -0.4 is 0 Å². The molecule has 0 aliphatic carbocycles. The highest BCUT2D eigenvalue weighted by molar-refractivity contribution is 4.75. The van der Waals surface area contributed by atoms with Crippen molar-refractivity contribution >= 4 is 0 Å². The molecule has 0 unspecified atom stereocenters. The van der Waals surface area contributed by atoms with Crippen LogP contribution in [0.5, 0.6) is 0 Å². The van der Waals surface area contributed by atoms with E-state index in [1.165, 1.54) is 56.3 Å². The van der Waals surface area contributed by atoms with Gasteiger partial charge in [0.25, 0.3) is 0 Å². The minimum Gasteiger partial charge on any atom is -0.870 e. The Bertz CT molecular complexity index is 162. The highest BCUT2D eigenvalue weighted by atomic mass is 16.0. The molecule has 0 aromatic carbocycles. The summed E-state index contributed by atoms with van der Waals surface area (Å²) in [5, 5.41) is 0. The minimum absolute atomic E-state index is 0. The topological polar surface area (TPSA) is 30.0 Å². The van der Waals surface area contributed by atoms with E-state index in [0.717, 1.165) is 11.8 Å². The van der Waals surface area contributed by atoms with Crippen LogP contribution in [0, 0.1) is 11.8 Å².